The number of hydrogen-bond acceptors (Lipinski definition) is 5. The number of rotatable bonds is 6. The molecule has 0 fully saturated rings. The summed E-state index contributed by atoms with van der Waals surface area (Å²) in [5.74, 6) is -1.49. The van der Waals surface area contributed by atoms with Crippen LogP contribution in [-0.2, 0) is 12.6 Å². The minimum atomic E-state index is -5.22. The van der Waals surface area contributed by atoms with E-state index in [1.165, 1.54) is 43.8 Å². The molecule has 0 saturated heterocycles. The van der Waals surface area contributed by atoms with Crippen LogP contribution in [0.1, 0.15) is 16.1 Å². The minimum absolute atomic E-state index is 0.0689. The van der Waals surface area contributed by atoms with Gasteiger partial charge in [0.05, 0.1) is 41.7 Å². The first-order valence-electron chi connectivity index (χ1n) is 10.4. The van der Waals surface area contributed by atoms with Crippen molar-refractivity contribution >= 4 is 28.5 Å². The fourth-order valence-electron chi connectivity index (χ4n) is 3.61. The van der Waals surface area contributed by atoms with E-state index in [0.717, 1.165) is 12.1 Å². The highest BCUT2D eigenvalue weighted by atomic mass is 35.5. The molecule has 1 unspecified atom stereocenters. The largest absolute Gasteiger partial charge is 0.494 e. The molecule has 36 heavy (non-hydrogen) atoms. The summed E-state index contributed by atoms with van der Waals surface area (Å²) in [7, 11) is 2.99. The number of pyridine rings is 1. The first-order chi connectivity index (χ1) is 16.9. The van der Waals surface area contributed by atoms with Crippen molar-refractivity contribution < 1.29 is 32.2 Å². The van der Waals surface area contributed by atoms with E-state index in [4.69, 9.17) is 16.3 Å². The molecule has 2 N–H and O–H groups in total. The Kier molecular flexibility index (Phi) is 6.63. The fourth-order valence-corrected chi connectivity index (χ4v) is 3.79. The van der Waals surface area contributed by atoms with E-state index in [-0.39, 0.29) is 27.6 Å². The van der Waals surface area contributed by atoms with Gasteiger partial charge < -0.3 is 19.7 Å². The predicted octanol–water partition coefficient (Wildman–Crippen LogP) is 4.62. The minimum Gasteiger partial charge on any atom is -0.494 e. The fraction of sp³-hybridized carbons (Fsp3) is 0.208. The molecule has 1 atom stereocenters. The van der Waals surface area contributed by atoms with Crippen molar-refractivity contribution in [2.45, 2.75) is 11.8 Å². The third-order valence-corrected chi connectivity index (χ3v) is 5.95. The van der Waals surface area contributed by atoms with Gasteiger partial charge in [0.1, 0.15) is 17.3 Å². The molecule has 0 aliphatic carbocycles. The second-order valence-electron chi connectivity index (χ2n) is 7.98. The van der Waals surface area contributed by atoms with Crippen molar-refractivity contribution in [3.05, 3.63) is 77.0 Å². The third kappa shape index (κ3) is 4.59. The lowest BCUT2D eigenvalue weighted by Crippen LogP contribution is -2.51. The van der Waals surface area contributed by atoms with E-state index in [1.54, 1.807) is 17.7 Å². The average molecular weight is 523 g/mol. The lowest BCUT2D eigenvalue weighted by molar-refractivity contribution is -0.265. The number of amides is 1. The number of alkyl halides is 3. The highest BCUT2D eigenvalue weighted by Crippen LogP contribution is 2.40. The van der Waals surface area contributed by atoms with Crippen LogP contribution >= 0.6 is 11.6 Å². The van der Waals surface area contributed by atoms with Gasteiger partial charge in [0.15, 0.2) is 0 Å². The SMILES string of the molecule is COc1ccc(C(O)(CNC(=O)c2ccc3ncn(C)c3c2)C(F)(F)F)nc1-c1ccc(F)c(Cl)c1. The Labute approximate surface area is 207 Å². The number of methoxy groups -OCH3 is 1. The lowest BCUT2D eigenvalue weighted by Gasteiger charge is -2.30. The van der Waals surface area contributed by atoms with Gasteiger partial charge in [0.2, 0.25) is 5.60 Å². The number of nitrogens with one attached hydrogen (secondary N) is 1. The highest BCUT2D eigenvalue weighted by Gasteiger charge is 2.56. The van der Waals surface area contributed by atoms with Gasteiger partial charge >= 0.3 is 6.18 Å². The monoisotopic (exact) mass is 522 g/mol. The summed E-state index contributed by atoms with van der Waals surface area (Å²) < 4.78 is 62.9. The zero-order valence-corrected chi connectivity index (χ0v) is 19.7. The van der Waals surface area contributed by atoms with Gasteiger partial charge in [-0.25, -0.2) is 14.4 Å². The van der Waals surface area contributed by atoms with Crippen LogP contribution in [0.4, 0.5) is 17.6 Å². The van der Waals surface area contributed by atoms with Gasteiger partial charge in [-0.05, 0) is 48.5 Å². The maximum atomic E-state index is 14.1. The van der Waals surface area contributed by atoms with Gasteiger partial charge in [0.25, 0.3) is 5.91 Å². The number of nitrogens with zero attached hydrogens (tertiary/aromatic N) is 3. The van der Waals surface area contributed by atoms with Crippen molar-refractivity contribution in [3.8, 4) is 17.0 Å². The van der Waals surface area contributed by atoms with Gasteiger partial charge in [-0.1, -0.05) is 11.6 Å². The molecule has 0 aliphatic heterocycles. The van der Waals surface area contributed by atoms with Crippen LogP contribution in [0.25, 0.3) is 22.3 Å². The molecule has 4 aromatic rings. The number of aryl methyl sites for hydroxylation is 1. The van der Waals surface area contributed by atoms with Crippen LogP contribution < -0.4 is 10.1 Å². The Bertz CT molecular complexity index is 1460. The number of carbonyl (C=O) groups is 1. The number of halogens is 5. The Morgan fingerprint density at radius 3 is 2.58 bits per heavy atom. The summed E-state index contributed by atoms with van der Waals surface area (Å²) in [6.07, 6.45) is -3.68. The van der Waals surface area contributed by atoms with Crippen LogP contribution in [0.3, 0.4) is 0 Å². The first kappa shape index (κ1) is 25.4. The molecule has 188 valence electrons. The van der Waals surface area contributed by atoms with E-state index in [9.17, 15) is 27.5 Å². The van der Waals surface area contributed by atoms with E-state index in [0.29, 0.717) is 11.0 Å². The number of benzene rings is 2. The van der Waals surface area contributed by atoms with E-state index < -0.39 is 35.7 Å². The summed E-state index contributed by atoms with van der Waals surface area (Å²) in [4.78, 5) is 20.8. The lowest BCUT2D eigenvalue weighted by atomic mass is 9.96. The number of aliphatic hydroxyl groups is 1. The maximum absolute atomic E-state index is 14.1. The summed E-state index contributed by atoms with van der Waals surface area (Å²) in [6.45, 7) is -1.22. The molecule has 2 heterocycles. The third-order valence-electron chi connectivity index (χ3n) is 5.66. The molecular weight excluding hydrogens is 504 g/mol. The molecule has 12 heteroatoms. The van der Waals surface area contributed by atoms with Crippen LogP contribution in [0.15, 0.2) is 54.9 Å². The van der Waals surface area contributed by atoms with Gasteiger partial charge in [-0.2, -0.15) is 13.2 Å². The van der Waals surface area contributed by atoms with Crippen molar-refractivity contribution in [1.82, 2.24) is 19.9 Å². The highest BCUT2D eigenvalue weighted by molar-refractivity contribution is 6.31. The second-order valence-corrected chi connectivity index (χ2v) is 8.38. The van der Waals surface area contributed by atoms with E-state index >= 15 is 0 Å². The van der Waals surface area contributed by atoms with Gasteiger partial charge in [-0.3, -0.25) is 4.79 Å². The number of fused-ring (bicyclic) bond motifs is 1. The van der Waals surface area contributed by atoms with E-state index in [2.05, 4.69) is 15.3 Å². The molecule has 7 nitrogen and oxygen atoms in total. The summed E-state index contributed by atoms with van der Waals surface area (Å²) in [5.41, 5.74) is -2.99. The second kappa shape index (κ2) is 9.40. The molecule has 2 aromatic heterocycles. The number of imidazole rings is 1. The van der Waals surface area contributed by atoms with Gasteiger partial charge in [-0.15, -0.1) is 0 Å². The van der Waals surface area contributed by atoms with Crippen LogP contribution in [0.5, 0.6) is 5.75 Å². The van der Waals surface area contributed by atoms with Gasteiger partial charge in [0, 0.05) is 18.2 Å². The molecule has 4 rings (SSSR count). The number of aromatic nitrogens is 3. The molecule has 0 saturated carbocycles. The standard InChI is InChI=1S/C24H19ClF4N4O3/c1-33-12-31-17-6-4-14(10-18(17)33)22(34)30-11-23(35,24(27,28)29)20-8-7-19(36-2)21(32-20)13-3-5-16(26)15(25)9-13/h3-10,12,35H,11H2,1-2H3,(H,30,34). The first-order valence-corrected chi connectivity index (χ1v) is 10.8. The van der Waals surface area contributed by atoms with Crippen LogP contribution in [-0.4, -0.2) is 45.4 Å². The Balaban J connectivity index is 1.69. The molecular formula is C24H19ClF4N4O3. The molecule has 0 spiro atoms. The Morgan fingerprint density at radius 1 is 1.17 bits per heavy atom. The zero-order chi connectivity index (χ0) is 26.3. The zero-order valence-electron chi connectivity index (χ0n) is 18.9. The molecule has 1 amide bonds. The smallest absolute Gasteiger partial charge is 0.424 e. The van der Waals surface area contributed by atoms with Crippen LogP contribution in [0, 0.1) is 5.82 Å². The predicted molar refractivity (Wildman–Crippen MR) is 124 cm³/mol. The topological polar surface area (TPSA) is 89.3 Å². The summed E-state index contributed by atoms with van der Waals surface area (Å²) in [6, 6.07) is 10.0. The quantitative estimate of drug-likeness (QED) is 0.361. The maximum Gasteiger partial charge on any atom is 0.424 e. The molecule has 0 radical (unpaired) electrons. The van der Waals surface area contributed by atoms with E-state index in [1.807, 2.05) is 0 Å². The molecule has 0 aliphatic rings. The van der Waals surface area contributed by atoms with Crippen molar-refractivity contribution in [2.24, 2.45) is 7.05 Å². The number of carbonyl (C=O) groups excluding carboxylic acids is 1. The van der Waals surface area contributed by atoms with Crippen LogP contribution in [0.2, 0.25) is 5.02 Å². The molecule has 2 aromatic carbocycles. The Hall–Kier alpha value is -3.70. The van der Waals surface area contributed by atoms with Crippen molar-refractivity contribution in [1.29, 1.82) is 0 Å². The number of ether oxygens (including phenoxy) is 1. The number of hydrogen-bond donors (Lipinski definition) is 2. The molecule has 0 bridgehead atoms. The average Bonchev–Trinajstić information content (AvgIpc) is 3.22. The van der Waals surface area contributed by atoms with Crippen molar-refractivity contribution in [2.75, 3.05) is 13.7 Å². The normalized spacial score (nSPS) is 13.4. The Morgan fingerprint density at radius 2 is 1.92 bits per heavy atom. The van der Waals surface area contributed by atoms with Crippen molar-refractivity contribution in [3.63, 3.8) is 0 Å². The summed E-state index contributed by atoms with van der Waals surface area (Å²) in [5, 5.41) is 12.7. The summed E-state index contributed by atoms with van der Waals surface area (Å²) >= 11 is 5.82.